The van der Waals surface area contributed by atoms with Crippen molar-refractivity contribution >= 4 is 5.91 Å². The molecule has 1 aliphatic heterocycles. The lowest BCUT2D eigenvalue weighted by atomic mass is 9.84. The number of aromatic nitrogens is 2. The highest BCUT2D eigenvalue weighted by Gasteiger charge is 2.33. The van der Waals surface area contributed by atoms with Crippen molar-refractivity contribution in [2.75, 3.05) is 27.2 Å². The van der Waals surface area contributed by atoms with Crippen LogP contribution in [0.3, 0.4) is 0 Å². The number of aryl methyl sites for hydroxylation is 2. The van der Waals surface area contributed by atoms with Crippen molar-refractivity contribution in [2.24, 2.45) is 13.0 Å². The van der Waals surface area contributed by atoms with Crippen molar-refractivity contribution in [1.29, 1.82) is 0 Å². The molecule has 0 bridgehead atoms. The summed E-state index contributed by atoms with van der Waals surface area (Å²) < 4.78 is 21.3. The lowest BCUT2D eigenvalue weighted by Gasteiger charge is -2.40. The number of benzene rings is 2. The zero-order valence-electron chi connectivity index (χ0n) is 21.1. The number of amides is 1. The van der Waals surface area contributed by atoms with Gasteiger partial charge >= 0.3 is 0 Å². The Morgan fingerprint density at radius 2 is 1.89 bits per heavy atom. The van der Waals surface area contributed by atoms with Crippen LogP contribution >= 0.6 is 0 Å². The fraction of sp³-hybridized carbons (Fsp3) is 0.429. The van der Waals surface area contributed by atoms with E-state index in [2.05, 4.69) is 22.1 Å². The number of hydrogen-bond acceptors (Lipinski definition) is 4. The molecule has 0 unspecified atom stereocenters. The monoisotopic (exact) mass is 478 g/mol. The lowest BCUT2D eigenvalue weighted by molar-refractivity contribution is 0.0574. The zero-order valence-corrected chi connectivity index (χ0v) is 21.1. The van der Waals surface area contributed by atoms with Gasteiger partial charge in [-0.2, -0.15) is 5.10 Å². The number of likely N-dealkylation sites (tertiary alicyclic amines) is 1. The minimum absolute atomic E-state index is 0.00471. The van der Waals surface area contributed by atoms with E-state index in [-0.39, 0.29) is 17.8 Å². The topological polar surface area (TPSA) is 50.6 Å². The minimum Gasteiger partial charge on any atom is -0.497 e. The fourth-order valence-corrected chi connectivity index (χ4v) is 5.15. The number of likely N-dealkylation sites (N-methyl/N-ethyl adjacent to an activating group) is 1. The predicted octanol–water partition coefficient (Wildman–Crippen LogP) is 4.47. The predicted molar refractivity (Wildman–Crippen MR) is 135 cm³/mol. The molecule has 0 saturated carbocycles. The number of halogens is 1. The normalized spacial score (nSPS) is 15.7. The molecule has 186 valence electrons. The molecule has 0 N–H and O–H groups in total. The van der Waals surface area contributed by atoms with Gasteiger partial charge in [0.25, 0.3) is 5.91 Å². The number of carbonyl (C=O) groups is 1. The van der Waals surface area contributed by atoms with Crippen LogP contribution in [-0.4, -0.2) is 58.8 Å². The molecule has 0 radical (unpaired) electrons. The molecule has 2 heterocycles. The Bertz CT molecular complexity index is 1140. The Morgan fingerprint density at radius 1 is 1.17 bits per heavy atom. The molecule has 1 amide bonds. The van der Waals surface area contributed by atoms with Crippen LogP contribution in [0.4, 0.5) is 4.39 Å². The van der Waals surface area contributed by atoms with Crippen molar-refractivity contribution in [2.45, 2.75) is 38.8 Å². The Morgan fingerprint density at radius 3 is 2.51 bits per heavy atom. The third-order valence-corrected chi connectivity index (χ3v) is 7.15. The summed E-state index contributed by atoms with van der Waals surface area (Å²) >= 11 is 0. The first-order valence-corrected chi connectivity index (χ1v) is 12.2. The van der Waals surface area contributed by atoms with Gasteiger partial charge in [0, 0.05) is 32.2 Å². The van der Waals surface area contributed by atoms with E-state index in [1.165, 1.54) is 11.6 Å². The van der Waals surface area contributed by atoms with E-state index in [4.69, 9.17) is 4.74 Å². The summed E-state index contributed by atoms with van der Waals surface area (Å²) in [6, 6.07) is 17.2. The molecule has 0 spiro atoms. The number of ether oxygens (including phenoxy) is 1. The van der Waals surface area contributed by atoms with E-state index in [0.717, 1.165) is 38.0 Å². The van der Waals surface area contributed by atoms with Gasteiger partial charge in [-0.15, -0.1) is 0 Å². The maximum absolute atomic E-state index is 14.4. The van der Waals surface area contributed by atoms with Crippen molar-refractivity contribution in [1.82, 2.24) is 19.6 Å². The molecular formula is C28H35FN4O2. The van der Waals surface area contributed by atoms with Gasteiger partial charge in [0.1, 0.15) is 17.3 Å². The largest absolute Gasteiger partial charge is 0.497 e. The third-order valence-electron chi connectivity index (χ3n) is 7.15. The first-order chi connectivity index (χ1) is 16.9. The van der Waals surface area contributed by atoms with E-state index in [9.17, 15) is 9.18 Å². The molecule has 3 aromatic rings. The third kappa shape index (κ3) is 5.90. The van der Waals surface area contributed by atoms with Gasteiger partial charge in [-0.25, -0.2) is 4.39 Å². The average molecular weight is 479 g/mol. The first kappa shape index (κ1) is 24.9. The lowest BCUT2D eigenvalue weighted by Crippen LogP contribution is -2.47. The molecular weight excluding hydrogens is 443 g/mol. The van der Waals surface area contributed by atoms with Crippen LogP contribution in [-0.2, 0) is 20.0 Å². The van der Waals surface area contributed by atoms with Crippen molar-refractivity contribution in [3.8, 4) is 5.75 Å². The van der Waals surface area contributed by atoms with Crippen molar-refractivity contribution < 1.29 is 13.9 Å². The number of methoxy groups -OCH3 is 1. The Balaban J connectivity index is 1.48. The molecule has 35 heavy (non-hydrogen) atoms. The fourth-order valence-electron chi connectivity index (χ4n) is 5.15. The first-order valence-electron chi connectivity index (χ1n) is 12.2. The molecule has 1 fully saturated rings. The molecule has 6 nitrogen and oxygen atoms in total. The number of hydrogen-bond donors (Lipinski definition) is 0. The van der Waals surface area contributed by atoms with E-state index < -0.39 is 0 Å². The van der Waals surface area contributed by atoms with Crippen molar-refractivity contribution in [3.63, 3.8) is 0 Å². The molecule has 4 rings (SSSR count). The molecule has 7 heteroatoms. The number of rotatable bonds is 8. The van der Waals surface area contributed by atoms with E-state index in [1.807, 2.05) is 50.2 Å². The highest BCUT2D eigenvalue weighted by atomic mass is 19.1. The summed E-state index contributed by atoms with van der Waals surface area (Å²) in [7, 11) is 5.33. The Labute approximate surface area is 207 Å². The summed E-state index contributed by atoms with van der Waals surface area (Å²) in [5.74, 6) is 0.816. The summed E-state index contributed by atoms with van der Waals surface area (Å²) in [5, 5.41) is 4.36. The van der Waals surface area contributed by atoms with Gasteiger partial charge < -0.3 is 9.64 Å². The van der Waals surface area contributed by atoms with Crippen LogP contribution < -0.4 is 4.74 Å². The highest BCUT2D eigenvalue weighted by Crippen LogP contribution is 2.29. The minimum atomic E-state index is -0.202. The highest BCUT2D eigenvalue weighted by molar-refractivity contribution is 5.92. The zero-order chi connectivity index (χ0) is 24.9. The SMILES string of the molecule is COc1ccc(F)c(CN2CCC([C@@H](Cc3ccccc3)N(C)C(=O)c3cc(C)nn3C)CC2)c1. The smallest absolute Gasteiger partial charge is 0.272 e. The van der Waals surface area contributed by atoms with Gasteiger partial charge in [-0.1, -0.05) is 30.3 Å². The second-order valence-electron chi connectivity index (χ2n) is 9.54. The van der Waals surface area contributed by atoms with Gasteiger partial charge in [-0.05, 0) is 75.0 Å². The molecule has 1 aromatic heterocycles. The van der Waals surface area contributed by atoms with Crippen LogP contribution in [0.5, 0.6) is 5.75 Å². The molecule has 0 aliphatic carbocycles. The van der Waals surface area contributed by atoms with E-state index >= 15 is 0 Å². The van der Waals surface area contributed by atoms with E-state index in [0.29, 0.717) is 29.5 Å². The number of carbonyl (C=O) groups excluding carboxylic acids is 1. The van der Waals surface area contributed by atoms with Gasteiger partial charge in [0.15, 0.2) is 0 Å². The summed E-state index contributed by atoms with van der Waals surface area (Å²) in [4.78, 5) is 17.7. The number of piperidine rings is 1. The average Bonchev–Trinajstić information content (AvgIpc) is 3.22. The van der Waals surface area contributed by atoms with E-state index in [1.54, 1.807) is 23.9 Å². The van der Waals surface area contributed by atoms with Crippen LogP contribution in [0.1, 0.15) is 40.2 Å². The maximum Gasteiger partial charge on any atom is 0.272 e. The quantitative estimate of drug-likeness (QED) is 0.479. The van der Waals surface area contributed by atoms with Gasteiger partial charge in [0.2, 0.25) is 0 Å². The van der Waals surface area contributed by atoms with Crippen molar-refractivity contribution in [3.05, 3.63) is 82.9 Å². The molecule has 1 saturated heterocycles. The number of nitrogens with zero attached hydrogens (tertiary/aromatic N) is 4. The van der Waals surface area contributed by atoms with Crippen LogP contribution in [0.25, 0.3) is 0 Å². The second-order valence-corrected chi connectivity index (χ2v) is 9.54. The Kier molecular flexibility index (Phi) is 7.86. The summed E-state index contributed by atoms with van der Waals surface area (Å²) in [5.41, 5.74) is 3.32. The Hall–Kier alpha value is -3.19. The van der Waals surface area contributed by atoms with Crippen LogP contribution in [0.15, 0.2) is 54.6 Å². The molecule has 1 atom stereocenters. The van der Waals surface area contributed by atoms with Gasteiger partial charge in [0.05, 0.1) is 12.8 Å². The standard InChI is InChI=1S/C28H35FN4O2/c1-20-16-27(32(3)30-20)28(34)31(2)26(17-21-8-6-5-7-9-21)22-12-14-33(15-13-22)19-23-18-24(35-4)10-11-25(23)29/h5-11,16,18,22,26H,12-15,17,19H2,1-4H3/t26-/m1/s1. The summed E-state index contributed by atoms with van der Waals surface area (Å²) in [6.45, 7) is 4.18. The summed E-state index contributed by atoms with van der Waals surface area (Å²) in [6.07, 6.45) is 2.70. The maximum atomic E-state index is 14.4. The molecule has 2 aromatic carbocycles. The van der Waals surface area contributed by atoms with Gasteiger partial charge in [-0.3, -0.25) is 14.4 Å². The van der Waals surface area contributed by atoms with Crippen LogP contribution in [0.2, 0.25) is 0 Å². The van der Waals surface area contributed by atoms with Crippen LogP contribution in [0, 0.1) is 18.7 Å². The second kappa shape index (κ2) is 11.0. The molecule has 1 aliphatic rings.